The van der Waals surface area contributed by atoms with Crippen LogP contribution in [-0.4, -0.2) is 48.5 Å². The number of fused-ring (bicyclic) bond motifs is 3. The minimum Gasteiger partial charge on any atom is -0.289 e. The summed E-state index contributed by atoms with van der Waals surface area (Å²) in [6, 6.07) is 16.9. The Balaban J connectivity index is 0.000000174. The Morgan fingerprint density at radius 1 is 1.08 bits per heavy atom. The van der Waals surface area contributed by atoms with Crippen LogP contribution in [0.5, 0.6) is 0 Å². The van der Waals surface area contributed by atoms with Crippen molar-refractivity contribution >= 4 is 54.1 Å². The van der Waals surface area contributed by atoms with E-state index in [1.807, 2.05) is 54.6 Å². The number of carboxylic acid groups (broad SMARTS) is 1. The largest absolute Gasteiger partial charge is 0.289 e. The van der Waals surface area contributed by atoms with E-state index in [1.54, 1.807) is 4.68 Å². The van der Waals surface area contributed by atoms with Crippen molar-refractivity contribution < 1.29 is 14.7 Å². The van der Waals surface area contributed by atoms with E-state index in [0.29, 0.717) is 10.3 Å². The molecule has 0 saturated heterocycles. The second-order valence-electron chi connectivity index (χ2n) is 5.52. The Morgan fingerprint density at radius 2 is 1.77 bits per heavy atom. The molecular weight excluding hydrogens is 413 g/mol. The van der Waals surface area contributed by atoms with Crippen molar-refractivity contribution in [3.63, 3.8) is 0 Å². The number of aromatic carboxylic acids is 1. The van der Waals surface area contributed by atoms with Gasteiger partial charge in [0.1, 0.15) is 0 Å². The number of thiazole rings is 1. The quantitative estimate of drug-likeness (QED) is 0.435. The number of hydrogen-bond donors (Lipinski definition) is 1. The average Bonchev–Trinajstić information content (AvgIpc) is 3.20. The van der Waals surface area contributed by atoms with Gasteiger partial charge in [-0.25, -0.2) is 0 Å². The van der Waals surface area contributed by atoms with Gasteiger partial charge in [0.15, 0.2) is 5.78 Å². The molecule has 1 atom stereocenters. The predicted molar refractivity (Wildman–Crippen MR) is 102 cm³/mol. The maximum absolute atomic E-state index is 11.2. The second kappa shape index (κ2) is 6.52. The number of para-hydroxylation sites is 1. The van der Waals surface area contributed by atoms with Crippen molar-refractivity contribution in [2.24, 2.45) is 0 Å². The molecule has 26 heavy (non-hydrogen) atoms. The standard InChI is InChI=1S/C11H8AsN3O2S.C7H4O/c12-11-13-9-8(18-11)7(10(16)17)14-15(9)6-4-2-1-3-5-6;8-7-5-2-1-3-6(7)4-5/h1-5H,12H2,(H,16,17);1-4H. The number of carbonyl (C=O) groups is 2. The summed E-state index contributed by atoms with van der Waals surface area (Å²) in [5.74, 6) is -0.821. The van der Waals surface area contributed by atoms with E-state index in [2.05, 4.69) is 10.1 Å². The molecule has 2 aromatic carbocycles. The summed E-state index contributed by atoms with van der Waals surface area (Å²) in [5, 5.41) is 13.3. The molecule has 128 valence electrons. The fourth-order valence-electron chi connectivity index (χ4n) is 2.60. The minimum absolute atomic E-state index is 0.0650. The van der Waals surface area contributed by atoms with Gasteiger partial charge in [-0.2, -0.15) is 0 Å². The average molecular weight is 425 g/mol. The number of hydrogen-bond acceptors (Lipinski definition) is 5. The summed E-state index contributed by atoms with van der Waals surface area (Å²) in [7, 11) is 0. The Morgan fingerprint density at radius 3 is 2.31 bits per heavy atom. The second-order valence-corrected chi connectivity index (χ2v) is 8.57. The van der Waals surface area contributed by atoms with Gasteiger partial charge in [0.25, 0.3) is 0 Å². The van der Waals surface area contributed by atoms with Crippen LogP contribution in [0.1, 0.15) is 26.4 Å². The number of benzene rings is 2. The van der Waals surface area contributed by atoms with Gasteiger partial charge >= 0.3 is 115 Å². The number of aromatic nitrogens is 3. The van der Waals surface area contributed by atoms with E-state index in [1.165, 1.54) is 28.2 Å². The number of rotatable bonds is 2. The molecule has 2 aliphatic carbocycles. The molecule has 0 aliphatic heterocycles. The molecule has 8 heteroatoms. The van der Waals surface area contributed by atoms with Crippen LogP contribution in [0.15, 0.2) is 54.6 Å². The summed E-state index contributed by atoms with van der Waals surface area (Å²) in [6.45, 7) is 0. The monoisotopic (exact) mass is 425 g/mol. The number of nitrogens with zero attached hydrogens (tertiary/aromatic N) is 3. The normalized spacial score (nSPS) is 11.7. The first kappa shape index (κ1) is 16.7. The topological polar surface area (TPSA) is 85.1 Å². The zero-order chi connectivity index (χ0) is 18.3. The van der Waals surface area contributed by atoms with Gasteiger partial charge in [0.2, 0.25) is 0 Å². The molecule has 0 radical (unpaired) electrons. The molecular formula is C18H12AsN3O3S. The molecule has 2 heterocycles. The molecule has 6 rings (SSSR count). The molecule has 2 aromatic heterocycles. The van der Waals surface area contributed by atoms with Crippen LogP contribution < -0.4 is 3.80 Å². The number of carbonyl (C=O) groups excluding carboxylic acids is 1. The fourth-order valence-corrected chi connectivity index (χ4v) is 4.39. The van der Waals surface area contributed by atoms with Crippen LogP contribution >= 0.6 is 11.3 Å². The third kappa shape index (κ3) is 2.85. The van der Waals surface area contributed by atoms with Crippen LogP contribution in [-0.2, 0) is 0 Å². The zero-order valence-corrected chi connectivity index (χ0v) is 16.5. The Kier molecular flexibility index (Phi) is 4.18. The van der Waals surface area contributed by atoms with Gasteiger partial charge in [-0.1, -0.05) is 18.2 Å². The van der Waals surface area contributed by atoms with Crippen molar-refractivity contribution in [3.8, 4) is 5.69 Å². The smallest absolute Gasteiger partial charge is 0.193 e. The summed E-state index contributed by atoms with van der Waals surface area (Å²) >= 11 is 2.76. The molecule has 0 spiro atoms. The summed E-state index contributed by atoms with van der Waals surface area (Å²) in [6.07, 6.45) is 0. The van der Waals surface area contributed by atoms with E-state index in [9.17, 15) is 9.59 Å². The van der Waals surface area contributed by atoms with E-state index >= 15 is 0 Å². The van der Waals surface area contributed by atoms with Crippen molar-refractivity contribution in [2.45, 2.75) is 0 Å². The van der Waals surface area contributed by atoms with E-state index in [4.69, 9.17) is 5.11 Å². The molecule has 0 fully saturated rings. The van der Waals surface area contributed by atoms with Crippen LogP contribution in [0.25, 0.3) is 16.0 Å². The molecule has 1 unspecified atom stereocenters. The number of carboxylic acids is 1. The molecule has 4 aromatic rings. The minimum atomic E-state index is -1.02. The van der Waals surface area contributed by atoms with Crippen molar-refractivity contribution in [1.29, 1.82) is 0 Å². The first-order valence-electron chi connectivity index (χ1n) is 7.63. The van der Waals surface area contributed by atoms with Gasteiger partial charge in [0.05, 0.1) is 0 Å². The van der Waals surface area contributed by atoms with Gasteiger partial charge in [-0.3, -0.25) is 4.79 Å². The van der Waals surface area contributed by atoms with Gasteiger partial charge in [0, 0.05) is 11.1 Å². The van der Waals surface area contributed by atoms with Crippen LogP contribution in [0.4, 0.5) is 0 Å². The first-order valence-corrected chi connectivity index (χ1v) is 9.66. The molecule has 0 saturated carbocycles. The number of ketones is 1. The SMILES string of the molecule is O=C(O)c1nn(-c2ccccc2)c2nc([AsH2])sc12.O=C1c2cccc1c2. The zero-order valence-electron chi connectivity index (χ0n) is 13.3. The van der Waals surface area contributed by atoms with Crippen molar-refractivity contribution in [1.82, 2.24) is 14.8 Å². The van der Waals surface area contributed by atoms with Crippen LogP contribution in [0.3, 0.4) is 0 Å². The Labute approximate surface area is 160 Å². The third-order valence-corrected chi connectivity index (χ3v) is 5.72. The molecule has 6 nitrogen and oxygen atoms in total. The Hall–Kier alpha value is -2.76. The van der Waals surface area contributed by atoms with E-state index < -0.39 is 5.97 Å². The first-order chi connectivity index (χ1) is 12.5. The van der Waals surface area contributed by atoms with Crippen molar-refractivity contribution in [3.05, 3.63) is 71.4 Å². The van der Waals surface area contributed by atoms with Gasteiger partial charge in [-0.05, 0) is 6.07 Å². The van der Waals surface area contributed by atoms with Gasteiger partial charge < -0.3 is 0 Å². The molecule has 1 N–H and O–H groups in total. The molecule has 0 amide bonds. The predicted octanol–water partition coefficient (Wildman–Crippen LogP) is 1.67. The van der Waals surface area contributed by atoms with E-state index in [0.717, 1.165) is 20.6 Å². The maximum Gasteiger partial charge on any atom is 0.193 e. The van der Waals surface area contributed by atoms with Gasteiger partial charge in [-0.15, -0.1) is 0 Å². The summed E-state index contributed by atoms with van der Waals surface area (Å²) in [4.78, 5) is 26.2. The summed E-state index contributed by atoms with van der Waals surface area (Å²) in [5.41, 5.74) is 3.19. The van der Waals surface area contributed by atoms with Crippen LogP contribution in [0, 0.1) is 0 Å². The third-order valence-electron chi connectivity index (χ3n) is 3.83. The molecule has 2 aliphatic rings. The fraction of sp³-hybridized carbons (Fsp3) is 0. The molecule has 2 bridgehead atoms. The van der Waals surface area contributed by atoms with Crippen molar-refractivity contribution in [2.75, 3.05) is 0 Å². The van der Waals surface area contributed by atoms with E-state index in [-0.39, 0.29) is 11.5 Å². The van der Waals surface area contributed by atoms with Crippen LogP contribution in [0.2, 0.25) is 0 Å². The Bertz CT molecular complexity index is 1120. The maximum atomic E-state index is 11.2. The summed E-state index contributed by atoms with van der Waals surface area (Å²) < 4.78 is 3.10.